The van der Waals surface area contributed by atoms with Crippen molar-refractivity contribution >= 4 is 17.4 Å². The highest BCUT2D eigenvalue weighted by molar-refractivity contribution is 5.99. The minimum atomic E-state index is -1.78. The highest BCUT2D eigenvalue weighted by atomic mass is 19.1. The van der Waals surface area contributed by atoms with Crippen molar-refractivity contribution < 1.29 is 43.2 Å². The van der Waals surface area contributed by atoms with Crippen LogP contribution < -0.4 is 9.64 Å². The van der Waals surface area contributed by atoms with Crippen molar-refractivity contribution in [1.29, 1.82) is 0 Å². The van der Waals surface area contributed by atoms with Crippen molar-refractivity contribution in [3.8, 4) is 5.75 Å². The second-order valence-electron chi connectivity index (χ2n) is 10.7. The number of hydrogen-bond donors (Lipinski definition) is 3. The highest BCUT2D eigenvalue weighted by Gasteiger charge is 2.39. The van der Waals surface area contributed by atoms with Crippen molar-refractivity contribution in [1.82, 2.24) is 0 Å². The number of halogens is 2. The molecule has 0 spiro atoms. The van der Waals surface area contributed by atoms with Crippen molar-refractivity contribution in [2.75, 3.05) is 18.6 Å². The molecule has 0 fully saturated rings. The van der Waals surface area contributed by atoms with Crippen LogP contribution in [-0.4, -0.2) is 65.1 Å². The summed E-state index contributed by atoms with van der Waals surface area (Å²) >= 11 is 0. The summed E-state index contributed by atoms with van der Waals surface area (Å²) in [6, 6.07) is 9.60. The smallest absolute Gasteiger partial charge is 0.234 e. The molecule has 39 heavy (non-hydrogen) atoms. The number of ether oxygens (including phenoxy) is 2. The van der Waals surface area contributed by atoms with Gasteiger partial charge < -0.3 is 29.7 Å². The zero-order chi connectivity index (χ0) is 28.9. The number of aliphatic hydroxyl groups excluding tert-OH is 3. The minimum absolute atomic E-state index is 0.179. The normalized spacial score (nSPS) is 19.2. The lowest BCUT2D eigenvalue weighted by Crippen LogP contribution is -2.49. The molecule has 0 aromatic heterocycles. The highest BCUT2D eigenvalue weighted by Crippen LogP contribution is 2.34. The van der Waals surface area contributed by atoms with Gasteiger partial charge in [0.15, 0.2) is 5.78 Å². The van der Waals surface area contributed by atoms with Crippen LogP contribution in [0.2, 0.25) is 0 Å². The van der Waals surface area contributed by atoms with Crippen LogP contribution >= 0.6 is 0 Å². The predicted molar refractivity (Wildman–Crippen MR) is 140 cm³/mol. The molecule has 1 aliphatic rings. The number of allylic oxidation sites excluding steroid dienone is 1. The summed E-state index contributed by atoms with van der Waals surface area (Å²) in [5.74, 6) is -3.49. The molecule has 1 amide bonds. The van der Waals surface area contributed by atoms with Gasteiger partial charge in [-0.05, 0) is 35.2 Å². The average molecular weight is 548 g/mol. The van der Waals surface area contributed by atoms with Gasteiger partial charge in [-0.3, -0.25) is 9.59 Å². The lowest BCUT2D eigenvalue weighted by molar-refractivity contribution is -0.149. The van der Waals surface area contributed by atoms with E-state index in [1.165, 1.54) is 18.1 Å². The molecule has 1 heterocycles. The Hall–Kier alpha value is -3.18. The Morgan fingerprint density at radius 1 is 1.13 bits per heavy atom. The van der Waals surface area contributed by atoms with E-state index in [4.69, 9.17) is 9.47 Å². The van der Waals surface area contributed by atoms with Gasteiger partial charge in [0.25, 0.3) is 0 Å². The molecule has 3 rings (SSSR count). The van der Waals surface area contributed by atoms with Crippen LogP contribution in [0.4, 0.5) is 14.5 Å². The SMILES string of the molecule is CO[C@@H](C(=O)C[C@H]1COc2ccccc2N(Cc2cc(F)cc(F)c2)C1=O)[C@H](O)[C@@H](O)[C@H](O)/C=C/C(C)(C)C. The average Bonchev–Trinajstić information content (AvgIpc) is 2.98. The second-order valence-corrected chi connectivity index (χ2v) is 10.7. The third-order valence-corrected chi connectivity index (χ3v) is 6.30. The molecule has 0 unspecified atom stereocenters. The molecule has 2 aromatic carbocycles. The molecule has 3 N–H and O–H groups in total. The molecule has 212 valence electrons. The van der Waals surface area contributed by atoms with Gasteiger partial charge in [0.1, 0.15) is 48.4 Å². The second kappa shape index (κ2) is 12.8. The van der Waals surface area contributed by atoms with E-state index < -0.39 is 60.1 Å². The zero-order valence-corrected chi connectivity index (χ0v) is 22.4. The van der Waals surface area contributed by atoms with E-state index >= 15 is 0 Å². The lowest BCUT2D eigenvalue weighted by Gasteiger charge is -2.28. The Morgan fingerprint density at radius 2 is 1.77 bits per heavy atom. The van der Waals surface area contributed by atoms with Crippen LogP contribution in [0.5, 0.6) is 5.75 Å². The van der Waals surface area contributed by atoms with Gasteiger partial charge in [-0.15, -0.1) is 0 Å². The third kappa shape index (κ3) is 7.92. The number of para-hydroxylation sites is 2. The lowest BCUT2D eigenvalue weighted by atomic mass is 9.91. The van der Waals surface area contributed by atoms with Crippen LogP contribution in [0.3, 0.4) is 0 Å². The van der Waals surface area contributed by atoms with Crippen molar-refractivity contribution in [2.24, 2.45) is 11.3 Å². The largest absolute Gasteiger partial charge is 0.491 e. The Labute approximate surface area is 226 Å². The molecule has 8 nitrogen and oxygen atoms in total. The summed E-state index contributed by atoms with van der Waals surface area (Å²) in [4.78, 5) is 28.1. The number of aliphatic hydroxyl groups is 3. The number of nitrogens with zero attached hydrogens (tertiary/aromatic N) is 1. The number of hydrogen-bond acceptors (Lipinski definition) is 7. The van der Waals surface area contributed by atoms with Gasteiger partial charge in [-0.2, -0.15) is 0 Å². The Balaban J connectivity index is 1.81. The van der Waals surface area contributed by atoms with E-state index in [2.05, 4.69) is 0 Å². The number of ketones is 1. The van der Waals surface area contributed by atoms with Crippen molar-refractivity contribution in [3.63, 3.8) is 0 Å². The topological polar surface area (TPSA) is 117 Å². The number of anilines is 1. The first-order valence-corrected chi connectivity index (χ1v) is 12.6. The predicted octanol–water partition coefficient (Wildman–Crippen LogP) is 3.17. The van der Waals surface area contributed by atoms with E-state index in [1.54, 1.807) is 30.3 Å². The molecule has 0 radical (unpaired) electrons. The Morgan fingerprint density at radius 3 is 2.38 bits per heavy atom. The van der Waals surface area contributed by atoms with Gasteiger partial charge >= 0.3 is 0 Å². The Kier molecular flexibility index (Phi) is 9.95. The number of carbonyl (C=O) groups is 2. The van der Waals surface area contributed by atoms with Crippen LogP contribution in [0.25, 0.3) is 0 Å². The summed E-state index contributed by atoms with van der Waals surface area (Å²) in [5.41, 5.74) is 0.283. The number of Topliss-reactive ketones (excluding diaryl/α,β-unsaturated/α-hetero) is 1. The summed E-state index contributed by atoms with van der Waals surface area (Å²) in [6.45, 7) is 5.30. The molecule has 0 aliphatic carbocycles. The van der Waals surface area contributed by atoms with E-state index in [9.17, 15) is 33.7 Å². The first kappa shape index (κ1) is 30.4. The molecular formula is C29H35F2NO7. The first-order chi connectivity index (χ1) is 18.3. The monoisotopic (exact) mass is 547 g/mol. The van der Waals surface area contributed by atoms with E-state index in [0.29, 0.717) is 11.4 Å². The number of carbonyl (C=O) groups excluding carboxylic acids is 2. The van der Waals surface area contributed by atoms with Gasteiger partial charge in [-0.1, -0.05) is 45.1 Å². The van der Waals surface area contributed by atoms with Gasteiger partial charge in [-0.25, -0.2) is 8.78 Å². The minimum Gasteiger partial charge on any atom is -0.491 e. The molecule has 5 atom stereocenters. The molecule has 0 bridgehead atoms. The maximum absolute atomic E-state index is 13.8. The standard InChI is InChI=1S/C29H35F2NO7/c1-29(2,3)10-9-22(33)25(35)26(36)27(38-4)23(34)13-18-16-39-24-8-6-5-7-21(24)32(28(18)37)15-17-11-19(30)14-20(31)12-17/h5-12,14,18,22,25-27,33,35-36H,13,15-16H2,1-4H3/b10-9+/t18-,22+,25-,26+,27-/m0/s1. The fraction of sp³-hybridized carbons (Fsp3) is 0.448. The van der Waals surface area contributed by atoms with E-state index in [0.717, 1.165) is 18.2 Å². The maximum Gasteiger partial charge on any atom is 0.234 e. The first-order valence-electron chi connectivity index (χ1n) is 12.6. The van der Waals surface area contributed by atoms with Crippen LogP contribution in [-0.2, 0) is 20.9 Å². The molecule has 0 saturated carbocycles. The van der Waals surface area contributed by atoms with E-state index in [1.807, 2.05) is 20.8 Å². The molecular weight excluding hydrogens is 512 g/mol. The van der Waals surface area contributed by atoms with Crippen molar-refractivity contribution in [2.45, 2.75) is 58.2 Å². The van der Waals surface area contributed by atoms with Gasteiger partial charge in [0.05, 0.1) is 18.2 Å². The molecule has 1 aliphatic heterocycles. The molecule has 0 saturated heterocycles. The fourth-order valence-electron chi connectivity index (χ4n) is 4.30. The van der Waals surface area contributed by atoms with E-state index in [-0.39, 0.29) is 24.1 Å². The molecule has 2 aromatic rings. The molecule has 10 heteroatoms. The van der Waals surface area contributed by atoms with Gasteiger partial charge in [0.2, 0.25) is 5.91 Å². The summed E-state index contributed by atoms with van der Waals surface area (Å²) < 4.78 is 38.7. The maximum atomic E-state index is 13.8. The number of methoxy groups -OCH3 is 1. The number of amides is 1. The third-order valence-electron chi connectivity index (χ3n) is 6.30. The number of fused-ring (bicyclic) bond motifs is 1. The Bertz CT molecular complexity index is 1180. The van der Waals surface area contributed by atoms with Crippen LogP contribution in [0.1, 0.15) is 32.8 Å². The summed E-state index contributed by atoms with van der Waals surface area (Å²) in [5, 5.41) is 31.4. The quantitative estimate of drug-likeness (QED) is 0.391. The van der Waals surface area contributed by atoms with Crippen LogP contribution in [0.15, 0.2) is 54.6 Å². The van der Waals surface area contributed by atoms with Crippen molar-refractivity contribution in [3.05, 3.63) is 71.8 Å². The fourth-order valence-corrected chi connectivity index (χ4v) is 4.30. The summed E-state index contributed by atoms with van der Waals surface area (Å²) in [6.07, 6.45) is -3.95. The number of benzene rings is 2. The van der Waals surface area contributed by atoms with Crippen LogP contribution in [0, 0.1) is 23.0 Å². The zero-order valence-electron chi connectivity index (χ0n) is 22.4. The summed E-state index contributed by atoms with van der Waals surface area (Å²) in [7, 11) is 1.17. The number of rotatable bonds is 10. The van der Waals surface area contributed by atoms with Gasteiger partial charge in [0, 0.05) is 19.6 Å².